The fraction of sp³-hybridized carbons (Fsp3) is 0.667. The molecule has 8 N–H and O–H groups in total. The summed E-state index contributed by atoms with van der Waals surface area (Å²) < 4.78 is 24.3. The van der Waals surface area contributed by atoms with E-state index in [1.165, 1.54) is 0 Å². The van der Waals surface area contributed by atoms with E-state index in [9.17, 15) is 4.79 Å². The highest BCUT2D eigenvalue weighted by Gasteiger charge is 2.09. The van der Waals surface area contributed by atoms with E-state index in [4.69, 9.17) is 34.9 Å². The van der Waals surface area contributed by atoms with Crippen LogP contribution in [0, 0.1) is 14.8 Å². The third kappa shape index (κ3) is 18.8. The molecule has 16 heavy (non-hydrogen) atoms. The molecule has 0 aliphatic carbocycles. The van der Waals surface area contributed by atoms with Gasteiger partial charge in [-0.3, -0.25) is 9.79 Å². The maximum absolute atomic E-state index is 10.2. The second-order valence-electron chi connectivity index (χ2n) is 2.59. The first-order valence-corrected chi connectivity index (χ1v) is 6.06. The minimum absolute atomic E-state index is 0.0129. The van der Waals surface area contributed by atoms with Gasteiger partial charge in [0.15, 0.2) is 5.96 Å². The van der Waals surface area contributed by atoms with Gasteiger partial charge in [-0.05, 0) is 17.0 Å². The van der Waals surface area contributed by atoms with Gasteiger partial charge >= 0.3 is 20.8 Å². The second kappa shape index (κ2) is 10.6. The lowest BCUT2D eigenvalue weighted by Crippen LogP contribution is -2.30. The Kier molecular flexibility index (Phi) is 11.5. The fourth-order valence-electron chi connectivity index (χ4n) is 0.643. The van der Waals surface area contributed by atoms with Crippen molar-refractivity contribution in [1.29, 1.82) is 0 Å². The summed E-state index contributed by atoms with van der Waals surface area (Å²) in [5.74, 6) is -0.987. The molecule has 0 fully saturated rings. The number of nitrogens with two attached hydrogens (primary N) is 3. The zero-order valence-corrected chi connectivity index (χ0v) is 9.96. The molecule has 0 rings (SSSR count). The summed E-state index contributed by atoms with van der Waals surface area (Å²) >= 11 is -3.40. The zero-order chi connectivity index (χ0) is 13.1. The van der Waals surface area contributed by atoms with Crippen LogP contribution in [0.15, 0.2) is 4.99 Å². The van der Waals surface area contributed by atoms with E-state index in [0.717, 1.165) is 0 Å². The number of carboxylic acid groups (broad SMARTS) is 1. The predicted octanol–water partition coefficient (Wildman–Crippen LogP) is -4.48. The van der Waals surface area contributed by atoms with Crippen molar-refractivity contribution in [2.75, 3.05) is 6.54 Å². The molecule has 0 unspecified atom stereocenters. The molecule has 9 nitrogen and oxygen atoms in total. The Balaban J connectivity index is 0. The molecular weight excluding hydrogens is 288 g/mol. The zero-order valence-electron chi connectivity index (χ0n) is 8.38. The third-order valence-corrected chi connectivity index (χ3v) is 1.28. The first-order chi connectivity index (χ1) is 7.27. The molecule has 0 aliphatic rings. The number of aliphatic imine (C=N–C) groups is 1. The Hall–Kier alpha value is -0.940. The van der Waals surface area contributed by atoms with Crippen molar-refractivity contribution in [1.82, 2.24) is 0 Å². The molecule has 10 heteroatoms. The van der Waals surface area contributed by atoms with Crippen molar-refractivity contribution >= 4 is 11.9 Å². The number of hydrogen-bond donors (Lipinski definition) is 5. The normalized spacial score (nSPS) is 11.3. The van der Waals surface area contributed by atoms with Gasteiger partial charge in [0.1, 0.15) is 6.04 Å². The van der Waals surface area contributed by atoms with Gasteiger partial charge in [-0.2, -0.15) is 0 Å². The summed E-state index contributed by atoms with van der Waals surface area (Å²) in [5, 5.41) is 8.38. The molecule has 0 bridgehead atoms. The average Bonchev–Trinajstić information content (AvgIpc) is 2.10. The molecule has 0 radical (unpaired) electrons. The number of carbonyl (C=O) groups is 1. The van der Waals surface area contributed by atoms with Gasteiger partial charge in [0, 0.05) is 6.54 Å². The van der Waals surface area contributed by atoms with Crippen LogP contribution < -0.4 is 25.6 Å². The monoisotopic (exact) mass is 302 g/mol. The van der Waals surface area contributed by atoms with Crippen LogP contribution in [-0.4, -0.2) is 33.8 Å². The van der Waals surface area contributed by atoms with E-state index in [0.29, 0.717) is 19.4 Å². The Morgan fingerprint density at radius 3 is 2.19 bits per heavy atom. The van der Waals surface area contributed by atoms with Crippen molar-refractivity contribution in [2.24, 2.45) is 22.2 Å². The maximum atomic E-state index is 10.2. The van der Waals surface area contributed by atoms with Crippen LogP contribution in [0.4, 0.5) is 0 Å². The van der Waals surface area contributed by atoms with Gasteiger partial charge in [-0.1, -0.05) is 0 Å². The maximum Gasteiger partial charge on any atom is 0.433 e. The number of guanidine groups is 1. The third-order valence-electron chi connectivity index (χ3n) is 1.28. The van der Waals surface area contributed by atoms with Crippen LogP contribution in [0.25, 0.3) is 0 Å². The summed E-state index contributed by atoms with van der Waals surface area (Å²) in [5.41, 5.74) is 15.3. The van der Waals surface area contributed by atoms with Crippen molar-refractivity contribution in [3.05, 3.63) is 0 Å². The smallest absolute Gasteiger partial charge is 0.433 e. The largest absolute Gasteiger partial charge is 0.480 e. The average molecular weight is 303 g/mol. The Morgan fingerprint density at radius 1 is 1.44 bits per heavy atom. The van der Waals surface area contributed by atoms with Crippen LogP contribution in [-0.2, 0) is 4.79 Å². The molecular formula is C6H15BrN4O5. The Morgan fingerprint density at radius 2 is 1.88 bits per heavy atom. The summed E-state index contributed by atoms with van der Waals surface area (Å²) in [6, 6.07) is -0.820. The van der Waals surface area contributed by atoms with Crippen LogP contribution in [0.3, 0.4) is 0 Å². The number of aliphatic carboxylic acids is 1. The highest BCUT2D eigenvalue weighted by Crippen LogP contribution is 1.94. The summed E-state index contributed by atoms with van der Waals surface area (Å²) in [7, 11) is 0. The first-order valence-electron chi connectivity index (χ1n) is 4.05. The fourth-order valence-corrected chi connectivity index (χ4v) is 0.643. The molecule has 0 aliphatic heterocycles. The lowest BCUT2D eigenvalue weighted by molar-refractivity contribution is -1.63. The lowest BCUT2D eigenvalue weighted by atomic mass is 10.2. The van der Waals surface area contributed by atoms with E-state index in [1.807, 2.05) is 0 Å². The second-order valence-corrected chi connectivity index (χ2v) is 3.44. The van der Waals surface area contributed by atoms with E-state index in [1.54, 1.807) is 0 Å². The number of hydrogen-bond acceptors (Lipinski definition) is 6. The van der Waals surface area contributed by atoms with Crippen molar-refractivity contribution in [2.45, 2.75) is 18.9 Å². The van der Waals surface area contributed by atoms with Crippen LogP contribution in [0.1, 0.15) is 12.8 Å². The quantitative estimate of drug-likeness (QED) is 0.190. The predicted molar refractivity (Wildman–Crippen MR) is 47.7 cm³/mol. The molecule has 0 saturated carbocycles. The summed E-state index contributed by atoms with van der Waals surface area (Å²) in [6.45, 7) is 0.420. The van der Waals surface area contributed by atoms with Crippen LogP contribution >= 0.6 is 0 Å². The Labute approximate surface area is 97.4 Å². The van der Waals surface area contributed by atoms with Crippen LogP contribution in [0.2, 0.25) is 0 Å². The summed E-state index contributed by atoms with van der Waals surface area (Å²) in [6.07, 6.45) is 0.956. The standard InChI is InChI=1S/C6H14N4O2.BrHO3/c7-4(5(11)12)2-1-3-10-6(8)9;2-1(3)4/h4H,1-3,7H2,(H,11,12)(H4,8,9,10);2H/t4-;/m0./s1. The van der Waals surface area contributed by atoms with E-state index in [-0.39, 0.29) is 5.96 Å². The molecule has 1 atom stereocenters. The molecule has 0 spiro atoms. The van der Waals surface area contributed by atoms with Crippen LogP contribution in [0.5, 0.6) is 0 Å². The van der Waals surface area contributed by atoms with Gasteiger partial charge in [-0.15, -0.1) is 0 Å². The van der Waals surface area contributed by atoms with Crippen molar-refractivity contribution in [3.63, 3.8) is 0 Å². The highest BCUT2D eigenvalue weighted by atomic mass is 80.0. The number of halogens is 1. The minimum Gasteiger partial charge on any atom is -0.480 e. The highest BCUT2D eigenvalue weighted by molar-refractivity contribution is 5.75. The summed E-state index contributed by atoms with van der Waals surface area (Å²) in [4.78, 5) is 13.9. The molecule has 0 aromatic rings. The Bertz CT molecular complexity index is 218. The molecule has 0 aromatic heterocycles. The molecule has 0 aromatic carbocycles. The van der Waals surface area contributed by atoms with Gasteiger partial charge in [0.2, 0.25) is 0 Å². The lowest BCUT2D eigenvalue weighted by Gasteiger charge is -2.03. The van der Waals surface area contributed by atoms with Gasteiger partial charge in [0.25, 0.3) is 0 Å². The van der Waals surface area contributed by atoms with Crippen molar-refractivity contribution in [3.8, 4) is 0 Å². The van der Waals surface area contributed by atoms with Gasteiger partial charge < -0.3 is 30.7 Å². The topological polar surface area (TPSA) is 194 Å². The minimum atomic E-state index is -3.40. The SMILES string of the molecule is NC(N)=NCCC[C@H](N)C(=O)O.[O-][Br+2]([O-])O. The molecule has 0 saturated heterocycles. The molecule has 0 amide bonds. The van der Waals surface area contributed by atoms with Gasteiger partial charge in [-0.25, -0.2) is 0 Å². The first kappa shape index (κ1) is 17.5. The molecule has 96 valence electrons. The number of nitrogens with zero attached hydrogens (tertiary/aromatic N) is 1. The number of carboxylic acids is 1. The van der Waals surface area contributed by atoms with E-state index >= 15 is 0 Å². The molecule has 0 heterocycles. The number of rotatable bonds is 5. The van der Waals surface area contributed by atoms with E-state index < -0.39 is 26.8 Å². The van der Waals surface area contributed by atoms with Crippen molar-refractivity contribution < 1.29 is 37.3 Å². The van der Waals surface area contributed by atoms with Gasteiger partial charge in [0.05, 0.1) is 0 Å². The van der Waals surface area contributed by atoms with E-state index in [2.05, 4.69) is 4.99 Å².